The van der Waals surface area contributed by atoms with Crippen molar-refractivity contribution in [3.63, 3.8) is 0 Å². The van der Waals surface area contributed by atoms with Gasteiger partial charge in [-0.15, -0.1) is 0 Å². The number of nitrogens with one attached hydrogen (secondary N) is 1. The first-order valence-electron chi connectivity index (χ1n) is 6.65. The normalized spacial score (nSPS) is 18.7. The van der Waals surface area contributed by atoms with E-state index in [0.717, 1.165) is 51.5 Å². The predicted octanol–water partition coefficient (Wildman–Crippen LogP) is 0.849. The summed E-state index contributed by atoms with van der Waals surface area (Å²) in [6.07, 6.45) is 6.42. The maximum Gasteiger partial charge on any atom is 0.0753 e. The molecule has 5 heteroatoms. The number of rotatable bonds is 6. The Morgan fingerprint density at radius 1 is 1.39 bits per heavy atom. The first-order valence-corrected chi connectivity index (χ1v) is 6.65. The van der Waals surface area contributed by atoms with E-state index in [0.29, 0.717) is 0 Å². The Hall–Kier alpha value is -1.04. The van der Waals surface area contributed by atoms with E-state index in [1.165, 1.54) is 0 Å². The molecular weight excluding hydrogens is 228 g/mol. The second-order valence-corrected chi connectivity index (χ2v) is 4.61. The third-order valence-corrected chi connectivity index (χ3v) is 3.23. The van der Waals surface area contributed by atoms with Crippen molar-refractivity contribution in [2.75, 3.05) is 39.4 Å². The Labute approximate surface area is 109 Å². The summed E-state index contributed by atoms with van der Waals surface area (Å²) in [5, 5.41) is 3.48. The zero-order valence-corrected chi connectivity index (χ0v) is 11.0. The molecule has 0 saturated carbocycles. The molecule has 1 aromatic rings. The lowest BCUT2D eigenvalue weighted by atomic mass is 10.2. The summed E-state index contributed by atoms with van der Waals surface area (Å²) in [5.41, 5.74) is 1.00. The minimum atomic E-state index is 0.267. The van der Waals surface area contributed by atoms with Gasteiger partial charge in [-0.1, -0.05) is 0 Å². The Morgan fingerprint density at radius 3 is 2.94 bits per heavy atom. The number of ether oxygens (including phenoxy) is 1. The lowest BCUT2D eigenvalue weighted by molar-refractivity contribution is 0.0374. The van der Waals surface area contributed by atoms with Gasteiger partial charge in [0, 0.05) is 37.7 Å². The minimum Gasteiger partial charge on any atom is -0.379 e. The van der Waals surface area contributed by atoms with Crippen molar-refractivity contribution in [3.8, 4) is 0 Å². The highest BCUT2D eigenvalue weighted by molar-refractivity contribution is 5.00. The highest BCUT2D eigenvalue weighted by Crippen LogP contribution is 2.06. The van der Waals surface area contributed by atoms with E-state index < -0.39 is 0 Å². The fourth-order valence-corrected chi connectivity index (χ4v) is 2.08. The maximum absolute atomic E-state index is 5.33. The molecular formula is C13H22N4O. The van der Waals surface area contributed by atoms with Gasteiger partial charge in [-0.25, -0.2) is 0 Å². The fourth-order valence-electron chi connectivity index (χ4n) is 2.08. The molecule has 0 radical (unpaired) electrons. The molecule has 1 N–H and O–H groups in total. The predicted molar refractivity (Wildman–Crippen MR) is 70.3 cm³/mol. The largest absolute Gasteiger partial charge is 0.379 e. The number of hydrogen-bond acceptors (Lipinski definition) is 5. The highest BCUT2D eigenvalue weighted by atomic mass is 16.5. The zero-order chi connectivity index (χ0) is 12.6. The van der Waals surface area contributed by atoms with E-state index >= 15 is 0 Å². The third-order valence-electron chi connectivity index (χ3n) is 3.23. The van der Waals surface area contributed by atoms with Crippen LogP contribution in [-0.2, 0) is 4.74 Å². The van der Waals surface area contributed by atoms with Crippen molar-refractivity contribution in [2.45, 2.75) is 19.4 Å². The Balaban J connectivity index is 1.60. The van der Waals surface area contributed by atoms with Crippen molar-refractivity contribution >= 4 is 0 Å². The van der Waals surface area contributed by atoms with Crippen LogP contribution in [-0.4, -0.2) is 54.3 Å². The van der Waals surface area contributed by atoms with Crippen molar-refractivity contribution in [2.24, 2.45) is 0 Å². The molecule has 1 unspecified atom stereocenters. The van der Waals surface area contributed by atoms with Crippen LogP contribution >= 0.6 is 0 Å². The second-order valence-electron chi connectivity index (χ2n) is 4.61. The summed E-state index contributed by atoms with van der Waals surface area (Å²) < 4.78 is 5.33. The van der Waals surface area contributed by atoms with Gasteiger partial charge in [-0.3, -0.25) is 14.9 Å². The molecule has 1 aliphatic rings. The molecule has 2 heterocycles. The van der Waals surface area contributed by atoms with Crippen molar-refractivity contribution in [1.82, 2.24) is 20.2 Å². The van der Waals surface area contributed by atoms with Crippen LogP contribution < -0.4 is 5.32 Å². The summed E-state index contributed by atoms with van der Waals surface area (Å²) in [6.45, 7) is 8.17. The van der Waals surface area contributed by atoms with Gasteiger partial charge in [0.05, 0.1) is 18.9 Å². The highest BCUT2D eigenvalue weighted by Gasteiger charge is 2.10. The van der Waals surface area contributed by atoms with Crippen LogP contribution in [0.15, 0.2) is 18.6 Å². The van der Waals surface area contributed by atoms with Gasteiger partial charge in [-0.2, -0.15) is 0 Å². The SMILES string of the molecule is CC(NCCCN1CCOCC1)c1cnccn1. The smallest absolute Gasteiger partial charge is 0.0753 e. The van der Waals surface area contributed by atoms with E-state index in [4.69, 9.17) is 4.74 Å². The number of aromatic nitrogens is 2. The van der Waals surface area contributed by atoms with E-state index in [1.54, 1.807) is 12.4 Å². The molecule has 5 nitrogen and oxygen atoms in total. The molecule has 1 aliphatic heterocycles. The third kappa shape index (κ3) is 4.33. The van der Waals surface area contributed by atoms with E-state index in [1.807, 2.05) is 6.20 Å². The van der Waals surface area contributed by atoms with Crippen LogP contribution in [0.3, 0.4) is 0 Å². The van der Waals surface area contributed by atoms with Crippen molar-refractivity contribution in [1.29, 1.82) is 0 Å². The van der Waals surface area contributed by atoms with Gasteiger partial charge in [-0.05, 0) is 26.4 Å². The Morgan fingerprint density at radius 2 is 2.22 bits per heavy atom. The quantitative estimate of drug-likeness (QED) is 0.759. The van der Waals surface area contributed by atoms with E-state index in [-0.39, 0.29) is 6.04 Å². The summed E-state index contributed by atoms with van der Waals surface area (Å²) in [4.78, 5) is 10.8. The summed E-state index contributed by atoms with van der Waals surface area (Å²) in [5.74, 6) is 0. The van der Waals surface area contributed by atoms with E-state index in [2.05, 4.69) is 27.1 Å². The number of morpholine rings is 1. The van der Waals surface area contributed by atoms with Crippen LogP contribution in [0.5, 0.6) is 0 Å². The van der Waals surface area contributed by atoms with Gasteiger partial charge < -0.3 is 10.1 Å². The molecule has 0 aromatic carbocycles. The van der Waals surface area contributed by atoms with Crippen LogP contribution in [0.2, 0.25) is 0 Å². The van der Waals surface area contributed by atoms with Crippen LogP contribution in [0.1, 0.15) is 25.1 Å². The first-order chi connectivity index (χ1) is 8.86. The van der Waals surface area contributed by atoms with Crippen molar-refractivity contribution < 1.29 is 4.74 Å². The van der Waals surface area contributed by atoms with Crippen LogP contribution in [0, 0.1) is 0 Å². The lowest BCUT2D eigenvalue weighted by Crippen LogP contribution is -2.37. The zero-order valence-electron chi connectivity index (χ0n) is 11.0. The maximum atomic E-state index is 5.33. The first kappa shape index (κ1) is 13.4. The molecule has 1 aromatic heterocycles. The summed E-state index contributed by atoms with van der Waals surface area (Å²) in [6, 6.07) is 0.267. The molecule has 0 aliphatic carbocycles. The summed E-state index contributed by atoms with van der Waals surface area (Å²) in [7, 11) is 0. The van der Waals surface area contributed by atoms with E-state index in [9.17, 15) is 0 Å². The monoisotopic (exact) mass is 250 g/mol. The Bertz CT molecular complexity index is 327. The molecule has 1 atom stereocenters. The second kappa shape index (κ2) is 7.41. The van der Waals surface area contributed by atoms with Gasteiger partial charge in [0.15, 0.2) is 0 Å². The average molecular weight is 250 g/mol. The molecule has 1 fully saturated rings. The number of nitrogens with zero attached hydrogens (tertiary/aromatic N) is 3. The van der Waals surface area contributed by atoms with Gasteiger partial charge >= 0.3 is 0 Å². The molecule has 0 spiro atoms. The molecule has 1 saturated heterocycles. The summed E-state index contributed by atoms with van der Waals surface area (Å²) >= 11 is 0. The molecule has 2 rings (SSSR count). The number of hydrogen-bond donors (Lipinski definition) is 1. The van der Waals surface area contributed by atoms with Gasteiger partial charge in [0.2, 0.25) is 0 Å². The Kier molecular flexibility index (Phi) is 5.51. The van der Waals surface area contributed by atoms with Gasteiger partial charge in [0.25, 0.3) is 0 Å². The topological polar surface area (TPSA) is 50.3 Å². The van der Waals surface area contributed by atoms with Crippen molar-refractivity contribution in [3.05, 3.63) is 24.3 Å². The molecule has 18 heavy (non-hydrogen) atoms. The van der Waals surface area contributed by atoms with Crippen LogP contribution in [0.25, 0.3) is 0 Å². The molecule has 0 bridgehead atoms. The molecule has 0 amide bonds. The molecule has 100 valence electrons. The lowest BCUT2D eigenvalue weighted by Gasteiger charge is -2.26. The fraction of sp³-hybridized carbons (Fsp3) is 0.692. The van der Waals surface area contributed by atoms with Gasteiger partial charge in [0.1, 0.15) is 0 Å². The average Bonchev–Trinajstić information content (AvgIpc) is 2.45. The minimum absolute atomic E-state index is 0.267. The van der Waals surface area contributed by atoms with Crippen LogP contribution in [0.4, 0.5) is 0 Å². The standard InChI is InChI=1S/C13H22N4O/c1-12(13-11-14-4-5-16-13)15-3-2-6-17-7-9-18-10-8-17/h4-5,11-12,15H,2-3,6-10H2,1H3.